The van der Waals surface area contributed by atoms with Crippen molar-refractivity contribution in [3.63, 3.8) is 0 Å². The van der Waals surface area contributed by atoms with Gasteiger partial charge in [0.05, 0.1) is 5.71 Å². The van der Waals surface area contributed by atoms with Crippen LogP contribution in [0.3, 0.4) is 0 Å². The molecule has 0 bridgehead atoms. The predicted molar refractivity (Wildman–Crippen MR) is 120 cm³/mol. The van der Waals surface area contributed by atoms with Crippen LogP contribution >= 0.6 is 11.3 Å². The van der Waals surface area contributed by atoms with Crippen LogP contribution in [0.15, 0.2) is 71.1 Å². The second-order valence-electron chi connectivity index (χ2n) is 6.43. The molecule has 162 valence electrons. The Balaban J connectivity index is 1.54. The molecule has 0 saturated heterocycles. The number of benzene rings is 2. The highest BCUT2D eigenvalue weighted by molar-refractivity contribution is 7.12. The van der Waals surface area contributed by atoms with Crippen LogP contribution in [0.5, 0.6) is 5.75 Å². The number of nitrogens with zero attached hydrogens (tertiary/aromatic N) is 1. The lowest BCUT2D eigenvalue weighted by Crippen LogP contribution is -2.33. The molecule has 0 aliphatic rings. The summed E-state index contributed by atoms with van der Waals surface area (Å²) in [7, 11) is 0. The molecule has 3 aromatic rings. The molecule has 0 fully saturated rings. The molecule has 0 aliphatic carbocycles. The third-order valence-corrected chi connectivity index (χ3v) is 5.01. The molecular weight excluding hydrogens is 432 g/mol. The van der Waals surface area contributed by atoms with Crippen molar-refractivity contribution >= 4 is 46.4 Å². The van der Waals surface area contributed by atoms with Crippen molar-refractivity contribution in [3.8, 4) is 5.75 Å². The van der Waals surface area contributed by atoms with Gasteiger partial charge in [-0.2, -0.15) is 5.10 Å². The van der Waals surface area contributed by atoms with E-state index in [-0.39, 0.29) is 5.56 Å². The van der Waals surface area contributed by atoms with E-state index in [0.717, 1.165) is 0 Å². The van der Waals surface area contributed by atoms with Gasteiger partial charge in [-0.3, -0.25) is 14.4 Å². The van der Waals surface area contributed by atoms with Crippen molar-refractivity contribution in [2.45, 2.75) is 6.92 Å². The fourth-order valence-corrected chi connectivity index (χ4v) is 3.07. The Morgan fingerprint density at radius 3 is 2.16 bits per heavy atom. The molecule has 0 atom stereocenters. The predicted octanol–water partition coefficient (Wildman–Crippen LogP) is 2.55. The number of nitrogens with two attached hydrogens (primary N) is 1. The van der Waals surface area contributed by atoms with Gasteiger partial charge >= 0.3 is 17.8 Å². The summed E-state index contributed by atoms with van der Waals surface area (Å²) in [4.78, 5) is 47.5. The minimum Gasteiger partial charge on any atom is -0.422 e. The highest BCUT2D eigenvalue weighted by Crippen LogP contribution is 2.17. The lowest BCUT2D eigenvalue weighted by molar-refractivity contribution is -0.136. The summed E-state index contributed by atoms with van der Waals surface area (Å²) in [6.07, 6.45) is 0. The third-order valence-electron chi connectivity index (χ3n) is 4.16. The maximum absolute atomic E-state index is 12.0. The highest BCUT2D eigenvalue weighted by atomic mass is 32.1. The normalized spacial score (nSPS) is 10.8. The molecule has 4 N–H and O–H groups in total. The minimum absolute atomic E-state index is 0.278. The molecule has 3 amide bonds. The smallest absolute Gasteiger partial charge is 0.353 e. The molecule has 3 rings (SSSR count). The third kappa shape index (κ3) is 5.86. The summed E-state index contributed by atoms with van der Waals surface area (Å²) < 4.78 is 5.28. The largest absolute Gasteiger partial charge is 0.422 e. The van der Waals surface area contributed by atoms with E-state index in [1.54, 1.807) is 48.7 Å². The van der Waals surface area contributed by atoms with E-state index in [1.807, 2.05) is 0 Å². The summed E-state index contributed by atoms with van der Waals surface area (Å²) in [5.41, 5.74) is 9.02. The highest BCUT2D eigenvalue weighted by Gasteiger charge is 2.14. The average molecular weight is 450 g/mol. The fourth-order valence-electron chi connectivity index (χ4n) is 2.47. The van der Waals surface area contributed by atoms with Gasteiger partial charge in [0.2, 0.25) is 5.91 Å². The van der Waals surface area contributed by atoms with E-state index in [1.165, 1.54) is 35.6 Å². The average Bonchev–Trinajstić information content (AvgIpc) is 3.33. The van der Waals surface area contributed by atoms with Gasteiger partial charge in [0, 0.05) is 11.3 Å². The van der Waals surface area contributed by atoms with Gasteiger partial charge in [-0.25, -0.2) is 10.2 Å². The van der Waals surface area contributed by atoms with Gasteiger partial charge in [-0.05, 0) is 72.5 Å². The SMILES string of the molecule is C/C(=N\NC(=O)C(=O)Nc1ccc(C(N)=O)cc1)c1ccc(OC(=O)c2cccs2)cc1. The second kappa shape index (κ2) is 10.1. The standard InChI is InChI=1S/C22H18N4O5S/c1-13(14-6-10-17(11-7-14)31-22(30)18-3-2-12-32-18)25-26-21(29)20(28)24-16-8-4-15(5-9-16)19(23)27/h2-12H,1H3,(H2,23,27)(H,24,28)(H,26,29)/b25-13+. The van der Waals surface area contributed by atoms with Crippen LogP contribution in [0.4, 0.5) is 5.69 Å². The first-order valence-corrected chi connectivity index (χ1v) is 10.1. The van der Waals surface area contributed by atoms with Gasteiger partial charge in [0.15, 0.2) is 0 Å². The molecule has 32 heavy (non-hydrogen) atoms. The lowest BCUT2D eigenvalue weighted by Gasteiger charge is -2.06. The number of amides is 3. The summed E-state index contributed by atoms with van der Waals surface area (Å²) in [6.45, 7) is 1.65. The van der Waals surface area contributed by atoms with Crippen LogP contribution in [0.25, 0.3) is 0 Å². The van der Waals surface area contributed by atoms with E-state index in [0.29, 0.717) is 27.6 Å². The van der Waals surface area contributed by atoms with Crippen molar-refractivity contribution in [2.24, 2.45) is 10.8 Å². The van der Waals surface area contributed by atoms with Crippen molar-refractivity contribution in [2.75, 3.05) is 5.32 Å². The molecular formula is C22H18N4O5S. The van der Waals surface area contributed by atoms with Gasteiger partial charge in [-0.1, -0.05) is 6.07 Å². The number of hydrogen-bond acceptors (Lipinski definition) is 7. The minimum atomic E-state index is -0.968. The monoisotopic (exact) mass is 450 g/mol. The molecule has 0 radical (unpaired) electrons. The van der Waals surface area contributed by atoms with E-state index in [9.17, 15) is 19.2 Å². The summed E-state index contributed by atoms with van der Waals surface area (Å²) >= 11 is 1.29. The number of carbonyl (C=O) groups excluding carboxylic acids is 4. The molecule has 10 heteroatoms. The number of hydrazone groups is 1. The van der Waals surface area contributed by atoms with Crippen molar-refractivity contribution in [1.82, 2.24) is 5.43 Å². The van der Waals surface area contributed by atoms with Crippen LogP contribution < -0.4 is 21.2 Å². The second-order valence-corrected chi connectivity index (χ2v) is 7.37. The zero-order valence-corrected chi connectivity index (χ0v) is 17.6. The summed E-state index contributed by atoms with van der Waals surface area (Å²) in [5.74, 6) is -2.57. The van der Waals surface area contributed by atoms with Crippen molar-refractivity contribution < 1.29 is 23.9 Å². The van der Waals surface area contributed by atoms with E-state index < -0.39 is 23.7 Å². The molecule has 0 saturated carbocycles. The van der Waals surface area contributed by atoms with E-state index >= 15 is 0 Å². The first kappa shape index (κ1) is 22.4. The molecule has 0 spiro atoms. The first-order valence-electron chi connectivity index (χ1n) is 9.25. The number of carbonyl (C=O) groups is 4. The number of rotatable bonds is 6. The van der Waals surface area contributed by atoms with Crippen LogP contribution in [0.1, 0.15) is 32.5 Å². The Morgan fingerprint density at radius 1 is 0.906 bits per heavy atom. The summed E-state index contributed by atoms with van der Waals surface area (Å²) in [5, 5.41) is 8.09. The molecule has 2 aromatic carbocycles. The maximum Gasteiger partial charge on any atom is 0.353 e. The Hall–Kier alpha value is -4.31. The van der Waals surface area contributed by atoms with Crippen LogP contribution in [-0.4, -0.2) is 29.4 Å². The number of nitrogens with one attached hydrogen (secondary N) is 2. The van der Waals surface area contributed by atoms with Crippen LogP contribution in [0.2, 0.25) is 0 Å². The van der Waals surface area contributed by atoms with Gasteiger partial charge < -0.3 is 15.8 Å². The van der Waals surface area contributed by atoms with Crippen molar-refractivity contribution in [1.29, 1.82) is 0 Å². The number of ether oxygens (including phenoxy) is 1. The molecule has 1 aromatic heterocycles. The lowest BCUT2D eigenvalue weighted by atomic mass is 10.1. The Bertz CT molecular complexity index is 1170. The molecule has 9 nitrogen and oxygen atoms in total. The number of esters is 1. The first-order chi connectivity index (χ1) is 15.3. The zero-order chi connectivity index (χ0) is 23.1. The van der Waals surface area contributed by atoms with Gasteiger partial charge in [0.25, 0.3) is 0 Å². The van der Waals surface area contributed by atoms with Crippen LogP contribution in [0, 0.1) is 0 Å². The molecule has 0 unspecified atom stereocenters. The maximum atomic E-state index is 12.0. The summed E-state index contributed by atoms with van der Waals surface area (Å²) in [6, 6.07) is 15.7. The van der Waals surface area contributed by atoms with E-state index in [2.05, 4.69) is 15.8 Å². The quantitative estimate of drug-likeness (QED) is 0.174. The Kier molecular flexibility index (Phi) is 7.09. The number of primary amides is 1. The molecule has 1 heterocycles. The number of anilines is 1. The van der Waals surface area contributed by atoms with Crippen molar-refractivity contribution in [3.05, 3.63) is 82.0 Å². The Labute approximate surface area is 186 Å². The van der Waals surface area contributed by atoms with Crippen LogP contribution in [-0.2, 0) is 9.59 Å². The fraction of sp³-hybridized carbons (Fsp3) is 0.0455. The molecule has 0 aliphatic heterocycles. The number of hydrogen-bond donors (Lipinski definition) is 3. The number of thiophene rings is 1. The topological polar surface area (TPSA) is 140 Å². The van der Waals surface area contributed by atoms with E-state index in [4.69, 9.17) is 10.5 Å². The van der Waals surface area contributed by atoms with Gasteiger partial charge in [0.1, 0.15) is 10.6 Å². The zero-order valence-electron chi connectivity index (χ0n) is 16.8. The van der Waals surface area contributed by atoms with Gasteiger partial charge in [-0.15, -0.1) is 11.3 Å². The Morgan fingerprint density at radius 2 is 1.56 bits per heavy atom.